The number of rotatable bonds is 6. The molecule has 1 atom stereocenters. The summed E-state index contributed by atoms with van der Waals surface area (Å²) in [5.74, 6) is -0.0696. The van der Waals surface area contributed by atoms with Crippen LogP contribution < -0.4 is 0 Å². The molecule has 0 N–H and O–H groups in total. The Balaban J connectivity index is 1.90. The number of carbonyl (C=O) groups excluding carboxylic acids is 1. The van der Waals surface area contributed by atoms with Gasteiger partial charge in [0.1, 0.15) is 0 Å². The quantitative estimate of drug-likeness (QED) is 0.487. The average Bonchev–Trinajstić information content (AvgIpc) is 2.65. The summed E-state index contributed by atoms with van der Waals surface area (Å²) >= 11 is 0. The van der Waals surface area contributed by atoms with Gasteiger partial charge in [0.15, 0.2) is 0 Å². The van der Waals surface area contributed by atoms with E-state index in [9.17, 15) is 4.79 Å². The van der Waals surface area contributed by atoms with Gasteiger partial charge in [0, 0.05) is 13.0 Å². The summed E-state index contributed by atoms with van der Waals surface area (Å²) in [7, 11) is 0. The predicted octanol–water partition coefficient (Wildman–Crippen LogP) is 2.29. The van der Waals surface area contributed by atoms with Gasteiger partial charge in [-0.1, -0.05) is 6.42 Å². The lowest BCUT2D eigenvalue weighted by atomic mass is 10.1. The van der Waals surface area contributed by atoms with E-state index in [1.54, 1.807) is 0 Å². The lowest BCUT2D eigenvalue weighted by molar-refractivity contribution is -0.143. The third kappa shape index (κ3) is 4.61. The first-order valence-electron chi connectivity index (χ1n) is 5.60. The monoisotopic (exact) mass is 200 g/mol. The van der Waals surface area contributed by atoms with Gasteiger partial charge in [0.05, 0.1) is 12.7 Å². The highest BCUT2D eigenvalue weighted by Gasteiger charge is 2.14. The van der Waals surface area contributed by atoms with Gasteiger partial charge in [0.2, 0.25) is 0 Å². The maximum absolute atomic E-state index is 11.0. The predicted molar refractivity (Wildman–Crippen MR) is 54.1 cm³/mol. The lowest BCUT2D eigenvalue weighted by Gasteiger charge is -2.08. The fourth-order valence-electron chi connectivity index (χ4n) is 1.75. The van der Waals surface area contributed by atoms with Crippen LogP contribution >= 0.6 is 0 Å². The molecule has 1 heterocycles. The molecule has 1 aliphatic rings. The van der Waals surface area contributed by atoms with E-state index >= 15 is 0 Å². The molecule has 14 heavy (non-hydrogen) atoms. The highest BCUT2D eigenvalue weighted by Crippen LogP contribution is 2.18. The number of hydrogen-bond donors (Lipinski definition) is 0. The van der Waals surface area contributed by atoms with Gasteiger partial charge >= 0.3 is 5.97 Å². The molecule has 0 spiro atoms. The molecule has 0 aliphatic carbocycles. The molecule has 3 heteroatoms. The summed E-state index contributed by atoms with van der Waals surface area (Å²) in [6, 6.07) is 0. The second kappa shape index (κ2) is 6.82. The Hall–Kier alpha value is -0.570. The van der Waals surface area contributed by atoms with Crippen LogP contribution in [0, 0.1) is 0 Å². The van der Waals surface area contributed by atoms with Gasteiger partial charge in [-0.15, -0.1) is 0 Å². The molecule has 1 unspecified atom stereocenters. The maximum atomic E-state index is 11.0. The first kappa shape index (κ1) is 11.5. The normalized spacial score (nSPS) is 21.1. The Labute approximate surface area is 85.8 Å². The fraction of sp³-hybridized carbons (Fsp3) is 0.909. The zero-order chi connectivity index (χ0) is 10.2. The lowest BCUT2D eigenvalue weighted by Crippen LogP contribution is -2.06. The Kier molecular flexibility index (Phi) is 5.60. The number of unbranched alkanes of at least 4 members (excludes halogenated alkanes) is 1. The summed E-state index contributed by atoms with van der Waals surface area (Å²) in [4.78, 5) is 11.0. The van der Waals surface area contributed by atoms with Crippen LogP contribution in [0.25, 0.3) is 0 Å². The minimum Gasteiger partial charge on any atom is -0.466 e. The summed E-state index contributed by atoms with van der Waals surface area (Å²) in [5, 5.41) is 0. The SMILES string of the molecule is CCOC(=O)CCCCC1CCCO1. The smallest absolute Gasteiger partial charge is 0.305 e. The van der Waals surface area contributed by atoms with Gasteiger partial charge in [-0.3, -0.25) is 4.79 Å². The van der Waals surface area contributed by atoms with E-state index < -0.39 is 0 Å². The largest absolute Gasteiger partial charge is 0.466 e. The molecule has 1 fully saturated rings. The molecular weight excluding hydrogens is 180 g/mol. The standard InChI is InChI=1S/C11H20O3/c1-2-13-11(12)8-4-3-6-10-7-5-9-14-10/h10H,2-9H2,1H3. The van der Waals surface area contributed by atoms with E-state index in [4.69, 9.17) is 9.47 Å². The molecular formula is C11H20O3. The molecule has 0 aromatic heterocycles. The van der Waals surface area contributed by atoms with Crippen LogP contribution in [-0.4, -0.2) is 25.3 Å². The minimum atomic E-state index is -0.0696. The van der Waals surface area contributed by atoms with Crippen LogP contribution in [0.4, 0.5) is 0 Å². The molecule has 0 bridgehead atoms. The molecule has 1 saturated heterocycles. The molecule has 0 radical (unpaired) electrons. The Morgan fingerprint density at radius 2 is 2.36 bits per heavy atom. The first-order chi connectivity index (χ1) is 6.83. The summed E-state index contributed by atoms with van der Waals surface area (Å²) in [6.45, 7) is 3.25. The average molecular weight is 200 g/mol. The maximum Gasteiger partial charge on any atom is 0.305 e. The van der Waals surface area contributed by atoms with Crippen molar-refractivity contribution < 1.29 is 14.3 Å². The van der Waals surface area contributed by atoms with Crippen LogP contribution in [-0.2, 0) is 14.3 Å². The van der Waals surface area contributed by atoms with Crippen molar-refractivity contribution in [2.75, 3.05) is 13.2 Å². The van der Waals surface area contributed by atoms with Gasteiger partial charge in [-0.2, -0.15) is 0 Å². The van der Waals surface area contributed by atoms with Crippen LogP contribution in [0.2, 0.25) is 0 Å². The van der Waals surface area contributed by atoms with Gasteiger partial charge in [-0.25, -0.2) is 0 Å². The van der Waals surface area contributed by atoms with E-state index in [1.807, 2.05) is 6.92 Å². The second-order valence-electron chi connectivity index (χ2n) is 3.69. The van der Waals surface area contributed by atoms with Crippen LogP contribution in [0.3, 0.4) is 0 Å². The van der Waals surface area contributed by atoms with E-state index in [-0.39, 0.29) is 5.97 Å². The number of carbonyl (C=O) groups is 1. The minimum absolute atomic E-state index is 0.0696. The highest BCUT2D eigenvalue weighted by atomic mass is 16.5. The number of ether oxygens (including phenoxy) is 2. The molecule has 0 amide bonds. The highest BCUT2D eigenvalue weighted by molar-refractivity contribution is 5.69. The van der Waals surface area contributed by atoms with Crippen LogP contribution in [0.1, 0.15) is 45.4 Å². The van der Waals surface area contributed by atoms with Crippen molar-refractivity contribution in [2.24, 2.45) is 0 Å². The molecule has 82 valence electrons. The zero-order valence-corrected chi connectivity index (χ0v) is 8.96. The van der Waals surface area contributed by atoms with Gasteiger partial charge in [0.25, 0.3) is 0 Å². The van der Waals surface area contributed by atoms with E-state index in [0.29, 0.717) is 19.1 Å². The molecule has 0 saturated carbocycles. The van der Waals surface area contributed by atoms with Crippen molar-refractivity contribution in [3.63, 3.8) is 0 Å². The number of esters is 1. The van der Waals surface area contributed by atoms with Crippen LogP contribution in [0.5, 0.6) is 0 Å². The Morgan fingerprint density at radius 3 is 3.00 bits per heavy atom. The third-order valence-electron chi connectivity index (χ3n) is 2.49. The van der Waals surface area contributed by atoms with E-state index in [2.05, 4.69) is 0 Å². The summed E-state index contributed by atoms with van der Waals surface area (Å²) in [5.41, 5.74) is 0. The van der Waals surface area contributed by atoms with Crippen molar-refractivity contribution in [3.05, 3.63) is 0 Å². The van der Waals surface area contributed by atoms with E-state index in [1.165, 1.54) is 12.8 Å². The molecule has 1 aliphatic heterocycles. The van der Waals surface area contributed by atoms with Gasteiger partial charge < -0.3 is 9.47 Å². The fourth-order valence-corrected chi connectivity index (χ4v) is 1.75. The van der Waals surface area contributed by atoms with Gasteiger partial charge in [-0.05, 0) is 32.6 Å². The zero-order valence-electron chi connectivity index (χ0n) is 8.96. The Bertz CT molecular complexity index is 162. The Morgan fingerprint density at radius 1 is 1.50 bits per heavy atom. The van der Waals surface area contributed by atoms with Crippen molar-refractivity contribution >= 4 is 5.97 Å². The third-order valence-corrected chi connectivity index (χ3v) is 2.49. The van der Waals surface area contributed by atoms with Crippen molar-refractivity contribution in [3.8, 4) is 0 Å². The van der Waals surface area contributed by atoms with Crippen LogP contribution in [0.15, 0.2) is 0 Å². The van der Waals surface area contributed by atoms with Crippen molar-refractivity contribution in [1.82, 2.24) is 0 Å². The molecule has 1 rings (SSSR count). The number of hydrogen-bond acceptors (Lipinski definition) is 3. The summed E-state index contributed by atoms with van der Waals surface area (Å²) < 4.78 is 10.3. The first-order valence-corrected chi connectivity index (χ1v) is 5.60. The molecule has 0 aromatic carbocycles. The van der Waals surface area contributed by atoms with Crippen molar-refractivity contribution in [1.29, 1.82) is 0 Å². The van der Waals surface area contributed by atoms with Crippen molar-refractivity contribution in [2.45, 2.75) is 51.6 Å². The molecule has 3 nitrogen and oxygen atoms in total. The second-order valence-corrected chi connectivity index (χ2v) is 3.69. The summed E-state index contributed by atoms with van der Waals surface area (Å²) in [6.07, 6.45) is 6.50. The molecule has 0 aromatic rings. The topological polar surface area (TPSA) is 35.5 Å². The van der Waals surface area contributed by atoms with E-state index in [0.717, 1.165) is 25.9 Å².